The topological polar surface area (TPSA) is 23.9 Å². The Balaban J connectivity index is 3.78. The molecule has 0 rings (SSSR count). The van der Waals surface area contributed by atoms with Gasteiger partial charge < -0.3 is 5.41 Å². The first-order chi connectivity index (χ1) is 5.35. The molecule has 0 saturated carbocycles. The van der Waals surface area contributed by atoms with Crippen molar-refractivity contribution in [3.05, 3.63) is 23.8 Å². The average Bonchev–Trinajstić information content (AvgIpc) is 2.03. The molecule has 0 aliphatic heterocycles. The van der Waals surface area contributed by atoms with E-state index in [0.29, 0.717) is 0 Å². The zero-order chi connectivity index (χ0) is 8.53. The highest BCUT2D eigenvalue weighted by Crippen LogP contribution is 2.00. The first kappa shape index (κ1) is 10.2. The van der Waals surface area contributed by atoms with E-state index in [4.69, 9.17) is 5.41 Å². The number of allylic oxidation sites excluding steroid dienone is 4. The van der Waals surface area contributed by atoms with Gasteiger partial charge in [0.25, 0.3) is 0 Å². The lowest BCUT2D eigenvalue weighted by atomic mass is 10.1. The van der Waals surface area contributed by atoms with Crippen molar-refractivity contribution in [2.45, 2.75) is 33.1 Å². The molecule has 0 radical (unpaired) electrons. The Bertz CT molecular complexity index is 154. The van der Waals surface area contributed by atoms with Crippen LogP contribution in [-0.2, 0) is 0 Å². The van der Waals surface area contributed by atoms with Gasteiger partial charge in [-0.25, -0.2) is 0 Å². The highest BCUT2D eigenvalue weighted by Gasteiger charge is 1.85. The number of nitrogens with one attached hydrogen (secondary N) is 1. The fraction of sp³-hybridized carbons (Fsp3) is 0.500. The molecule has 1 nitrogen and oxygen atoms in total. The number of hydrogen-bond donors (Lipinski definition) is 1. The molecule has 0 amide bonds. The molecule has 1 N–H and O–H groups in total. The lowest BCUT2D eigenvalue weighted by molar-refractivity contribution is 1.15. The molecule has 0 saturated heterocycles. The van der Waals surface area contributed by atoms with E-state index in [9.17, 15) is 0 Å². The van der Waals surface area contributed by atoms with Crippen molar-refractivity contribution in [3.8, 4) is 0 Å². The minimum Gasteiger partial charge on any atom is -0.308 e. The zero-order valence-electron chi connectivity index (χ0n) is 7.43. The first-order valence-electron chi connectivity index (χ1n) is 4.19. The predicted octanol–water partition coefficient (Wildman–Crippen LogP) is 3.33. The van der Waals surface area contributed by atoms with Gasteiger partial charge in [0.1, 0.15) is 0 Å². The van der Waals surface area contributed by atoms with Crippen LogP contribution >= 0.6 is 0 Å². The Labute approximate surface area is 69.3 Å². The Hall–Kier alpha value is -0.850. The molecule has 0 bridgehead atoms. The van der Waals surface area contributed by atoms with Crippen molar-refractivity contribution in [1.29, 1.82) is 5.41 Å². The summed E-state index contributed by atoms with van der Waals surface area (Å²) in [5.41, 5.74) is 1.11. The molecular weight excluding hydrogens is 134 g/mol. The van der Waals surface area contributed by atoms with Crippen LogP contribution in [-0.4, -0.2) is 6.21 Å². The van der Waals surface area contributed by atoms with Gasteiger partial charge in [0.05, 0.1) is 0 Å². The van der Waals surface area contributed by atoms with E-state index in [1.165, 1.54) is 6.21 Å². The van der Waals surface area contributed by atoms with Gasteiger partial charge in [-0.1, -0.05) is 32.1 Å². The van der Waals surface area contributed by atoms with Crippen LogP contribution in [0.25, 0.3) is 0 Å². The van der Waals surface area contributed by atoms with Gasteiger partial charge in [0.15, 0.2) is 0 Å². The van der Waals surface area contributed by atoms with E-state index in [1.807, 2.05) is 0 Å². The van der Waals surface area contributed by atoms with E-state index in [-0.39, 0.29) is 0 Å². The smallest absolute Gasteiger partial charge is 0.0209 e. The summed E-state index contributed by atoms with van der Waals surface area (Å²) in [7, 11) is 0. The summed E-state index contributed by atoms with van der Waals surface area (Å²) in [4.78, 5) is 0. The molecule has 0 fully saturated rings. The van der Waals surface area contributed by atoms with Crippen molar-refractivity contribution < 1.29 is 0 Å². The second-order valence-electron chi connectivity index (χ2n) is 2.42. The van der Waals surface area contributed by atoms with E-state index >= 15 is 0 Å². The third kappa shape index (κ3) is 5.59. The summed E-state index contributed by atoms with van der Waals surface area (Å²) >= 11 is 0. The molecule has 11 heavy (non-hydrogen) atoms. The van der Waals surface area contributed by atoms with Crippen LogP contribution in [0.1, 0.15) is 33.1 Å². The molecule has 0 aromatic heterocycles. The van der Waals surface area contributed by atoms with E-state index in [2.05, 4.69) is 32.1 Å². The van der Waals surface area contributed by atoms with Crippen LogP contribution in [0.15, 0.2) is 23.8 Å². The van der Waals surface area contributed by atoms with Crippen LogP contribution in [0.5, 0.6) is 0 Å². The Morgan fingerprint density at radius 3 is 2.36 bits per heavy atom. The Morgan fingerprint density at radius 1 is 1.18 bits per heavy atom. The quantitative estimate of drug-likeness (QED) is 0.460. The highest BCUT2D eigenvalue weighted by molar-refractivity contribution is 5.75. The molecule has 0 unspecified atom stereocenters. The summed E-state index contributed by atoms with van der Waals surface area (Å²) in [5, 5.41) is 7.07. The van der Waals surface area contributed by atoms with Crippen molar-refractivity contribution in [2.24, 2.45) is 0 Å². The van der Waals surface area contributed by atoms with Gasteiger partial charge >= 0.3 is 0 Å². The summed E-state index contributed by atoms with van der Waals surface area (Å²) in [6.45, 7) is 4.21. The predicted molar refractivity (Wildman–Crippen MR) is 51.2 cm³/mol. The SMILES string of the molecule is CCC=CC/C(C=N)=C/CC. The van der Waals surface area contributed by atoms with Gasteiger partial charge in [-0.05, 0) is 24.8 Å². The minimum atomic E-state index is 0.908. The summed E-state index contributed by atoms with van der Waals surface area (Å²) in [6, 6.07) is 0. The summed E-state index contributed by atoms with van der Waals surface area (Å²) in [5.74, 6) is 0. The normalized spacial score (nSPS) is 12.4. The van der Waals surface area contributed by atoms with E-state index in [0.717, 1.165) is 24.8 Å². The second-order valence-corrected chi connectivity index (χ2v) is 2.42. The monoisotopic (exact) mass is 151 g/mol. The first-order valence-corrected chi connectivity index (χ1v) is 4.19. The Kier molecular flexibility index (Phi) is 6.70. The van der Waals surface area contributed by atoms with Gasteiger partial charge in [-0.3, -0.25) is 0 Å². The lowest BCUT2D eigenvalue weighted by Gasteiger charge is -1.93. The molecule has 62 valence electrons. The second kappa shape index (κ2) is 7.26. The zero-order valence-corrected chi connectivity index (χ0v) is 7.43. The third-order valence-corrected chi connectivity index (χ3v) is 1.41. The maximum atomic E-state index is 7.07. The van der Waals surface area contributed by atoms with Crippen LogP contribution in [0.4, 0.5) is 0 Å². The van der Waals surface area contributed by atoms with Crippen molar-refractivity contribution in [3.63, 3.8) is 0 Å². The molecule has 0 aliphatic carbocycles. The van der Waals surface area contributed by atoms with Gasteiger partial charge in [0.2, 0.25) is 0 Å². The van der Waals surface area contributed by atoms with Crippen LogP contribution in [0.3, 0.4) is 0 Å². The van der Waals surface area contributed by atoms with Crippen LogP contribution < -0.4 is 0 Å². The fourth-order valence-corrected chi connectivity index (χ4v) is 0.849. The van der Waals surface area contributed by atoms with Crippen LogP contribution in [0.2, 0.25) is 0 Å². The van der Waals surface area contributed by atoms with Crippen molar-refractivity contribution in [1.82, 2.24) is 0 Å². The van der Waals surface area contributed by atoms with E-state index in [1.54, 1.807) is 0 Å². The largest absolute Gasteiger partial charge is 0.308 e. The van der Waals surface area contributed by atoms with Gasteiger partial charge in [-0.15, -0.1) is 0 Å². The molecule has 0 aliphatic rings. The van der Waals surface area contributed by atoms with Crippen molar-refractivity contribution in [2.75, 3.05) is 0 Å². The average molecular weight is 151 g/mol. The summed E-state index contributed by atoms with van der Waals surface area (Å²) in [6.07, 6.45) is 10.8. The molecule has 0 atom stereocenters. The van der Waals surface area contributed by atoms with Crippen molar-refractivity contribution >= 4 is 6.21 Å². The molecule has 1 heteroatoms. The maximum absolute atomic E-state index is 7.07. The fourth-order valence-electron chi connectivity index (χ4n) is 0.849. The molecule has 0 aromatic rings. The minimum absolute atomic E-state index is 0.908. The molecule has 0 heterocycles. The standard InChI is InChI=1S/C10H17N/c1-3-5-6-8-10(9-11)7-4-2/h5-7,9,11H,3-4,8H2,1-2H3/b6-5?,10-7-,11-9?. The number of rotatable bonds is 5. The van der Waals surface area contributed by atoms with Crippen LogP contribution in [0, 0.1) is 5.41 Å². The van der Waals surface area contributed by atoms with Gasteiger partial charge in [0, 0.05) is 6.21 Å². The van der Waals surface area contributed by atoms with E-state index < -0.39 is 0 Å². The van der Waals surface area contributed by atoms with Gasteiger partial charge in [-0.2, -0.15) is 0 Å². The lowest BCUT2D eigenvalue weighted by Crippen LogP contribution is -1.80. The molecular formula is C10H17N. The third-order valence-electron chi connectivity index (χ3n) is 1.41. The Morgan fingerprint density at radius 2 is 1.91 bits per heavy atom. The number of hydrogen-bond acceptors (Lipinski definition) is 1. The maximum Gasteiger partial charge on any atom is 0.0209 e. The molecule has 0 aromatic carbocycles. The highest BCUT2D eigenvalue weighted by atomic mass is 14.3. The molecule has 0 spiro atoms. The summed E-state index contributed by atoms with van der Waals surface area (Å²) < 4.78 is 0.